The van der Waals surface area contributed by atoms with E-state index in [0.717, 1.165) is 41.0 Å². The maximum Gasteiger partial charge on any atom is 0.309 e. The summed E-state index contributed by atoms with van der Waals surface area (Å²) in [4.78, 5) is 23.4. The van der Waals surface area contributed by atoms with Crippen molar-refractivity contribution >= 4 is 5.97 Å². The van der Waals surface area contributed by atoms with Crippen LogP contribution in [0.4, 0.5) is 0 Å². The van der Waals surface area contributed by atoms with E-state index in [0.29, 0.717) is 64.8 Å². The van der Waals surface area contributed by atoms with E-state index in [1.54, 1.807) is 14.0 Å². The van der Waals surface area contributed by atoms with Crippen molar-refractivity contribution < 1.29 is 48.5 Å². The number of esters is 1. The molecule has 72 heavy (non-hydrogen) atoms. The van der Waals surface area contributed by atoms with Gasteiger partial charge in [-0.25, -0.2) is 4.68 Å². The number of aliphatic hydroxyl groups is 3. The number of nitrogens with zero attached hydrogens (tertiary/aromatic N) is 6. The molecule has 6 rings (SSSR count). The van der Waals surface area contributed by atoms with Crippen LogP contribution in [0.1, 0.15) is 125 Å². The first-order valence-electron chi connectivity index (χ1n) is 26.7. The van der Waals surface area contributed by atoms with Crippen molar-refractivity contribution in [3.8, 4) is 11.1 Å². The van der Waals surface area contributed by atoms with Crippen LogP contribution in [0.3, 0.4) is 0 Å². The lowest BCUT2D eigenvalue weighted by atomic mass is 9.69. The molecular formula is C56H90N6O10. The van der Waals surface area contributed by atoms with Crippen LogP contribution in [-0.4, -0.2) is 164 Å². The minimum atomic E-state index is -1.74. The Kier molecular flexibility index (Phi) is 20.0. The van der Waals surface area contributed by atoms with Crippen molar-refractivity contribution in [2.24, 2.45) is 23.7 Å². The van der Waals surface area contributed by atoms with Gasteiger partial charge in [0.25, 0.3) is 0 Å². The number of aromatic nitrogens is 4. The van der Waals surface area contributed by atoms with E-state index in [1.165, 1.54) is 0 Å². The number of likely N-dealkylation sites (N-methyl/N-ethyl adjacent to an activating group) is 2. The Morgan fingerprint density at radius 2 is 1.64 bits per heavy atom. The van der Waals surface area contributed by atoms with Crippen LogP contribution in [0.2, 0.25) is 0 Å². The molecule has 0 saturated carbocycles. The molecule has 16 nitrogen and oxygen atoms in total. The summed E-state index contributed by atoms with van der Waals surface area (Å²) in [6, 6.07) is 12.1. The van der Waals surface area contributed by atoms with Gasteiger partial charge in [-0.15, -0.1) is 5.10 Å². The minimum Gasteiger partial charge on any atom is -0.459 e. The highest BCUT2D eigenvalue weighted by molar-refractivity contribution is 5.73. The molecule has 1 unspecified atom stereocenters. The second kappa shape index (κ2) is 24.9. The van der Waals surface area contributed by atoms with Crippen molar-refractivity contribution in [2.75, 3.05) is 40.9 Å². The maximum absolute atomic E-state index is 14.6. The standard InChI is InChI=1S/C56H90N6O10/c1-15-48-56(11,66)51(63)41(8)61(13)32-35(2)28-55(10,65)52(39(6)50(40(7)53(64)71-48)47-30-54(9,67-14)29-38(5)69-47)72-49-27-46(26-37(4)70-49)60(12)23-22-45-33-62(59-58-45)24-25-68-34-42-17-20-43(21-18-42)44-19-16-36(3)57-31-44/h16-21,31,33,35,37-41,46-52,63,65-66H,15,22-30,32,34H2,1-14H3/t35-,37-,38+,39+,40-,41-,46+,47?,48-,49+,50+,51-,52-,54+,55-,56-/m1/s1. The van der Waals surface area contributed by atoms with Crippen molar-refractivity contribution in [3.05, 3.63) is 65.7 Å². The van der Waals surface area contributed by atoms with Crippen LogP contribution < -0.4 is 0 Å². The fourth-order valence-electron chi connectivity index (χ4n) is 12.0. The van der Waals surface area contributed by atoms with Crippen LogP contribution in [0.25, 0.3) is 11.1 Å². The number of benzene rings is 1. The first-order valence-corrected chi connectivity index (χ1v) is 26.7. The highest BCUT2D eigenvalue weighted by Crippen LogP contribution is 2.45. The fourth-order valence-corrected chi connectivity index (χ4v) is 12.0. The Balaban J connectivity index is 1.15. The molecule has 0 aliphatic carbocycles. The number of methoxy groups -OCH3 is 1. The average Bonchev–Trinajstić information content (AvgIpc) is 3.79. The second-order valence-electron chi connectivity index (χ2n) is 22.8. The molecule has 3 saturated heterocycles. The van der Waals surface area contributed by atoms with Gasteiger partial charge in [0.05, 0.1) is 67.0 Å². The molecule has 16 atom stereocenters. The van der Waals surface area contributed by atoms with E-state index < -0.39 is 77.3 Å². The van der Waals surface area contributed by atoms with Gasteiger partial charge < -0.3 is 53.5 Å². The third-order valence-electron chi connectivity index (χ3n) is 16.3. The fraction of sp³-hybridized carbons (Fsp3) is 0.750. The first kappa shape index (κ1) is 57.9. The maximum atomic E-state index is 14.6. The molecule has 3 aliphatic heterocycles. The minimum absolute atomic E-state index is 0.0617. The quantitative estimate of drug-likeness (QED) is 0.104. The number of ether oxygens (including phenoxy) is 6. The predicted octanol–water partition coefficient (Wildman–Crippen LogP) is 7.02. The van der Waals surface area contributed by atoms with E-state index >= 15 is 0 Å². The largest absolute Gasteiger partial charge is 0.459 e. The number of rotatable bonds is 15. The lowest BCUT2D eigenvalue weighted by Gasteiger charge is -2.50. The summed E-state index contributed by atoms with van der Waals surface area (Å²) >= 11 is 0. The zero-order valence-corrected chi connectivity index (χ0v) is 46.0. The van der Waals surface area contributed by atoms with Crippen LogP contribution >= 0.6 is 0 Å². The molecule has 16 heteroatoms. The van der Waals surface area contributed by atoms with Crippen LogP contribution in [0.5, 0.6) is 0 Å². The van der Waals surface area contributed by atoms with Crippen molar-refractivity contribution in [2.45, 2.75) is 206 Å². The second-order valence-corrected chi connectivity index (χ2v) is 22.8. The van der Waals surface area contributed by atoms with Gasteiger partial charge in [0.1, 0.15) is 17.8 Å². The normalized spacial score (nSPS) is 37.0. The molecule has 5 heterocycles. The summed E-state index contributed by atoms with van der Waals surface area (Å²) < 4.78 is 40.8. The van der Waals surface area contributed by atoms with Gasteiger partial charge in [-0.1, -0.05) is 63.2 Å². The Morgan fingerprint density at radius 3 is 2.31 bits per heavy atom. The van der Waals surface area contributed by atoms with Crippen LogP contribution in [0, 0.1) is 30.6 Å². The van der Waals surface area contributed by atoms with Crippen LogP contribution in [-0.2, 0) is 52.8 Å². The highest BCUT2D eigenvalue weighted by atomic mass is 16.7. The van der Waals surface area contributed by atoms with E-state index in [1.807, 2.05) is 83.6 Å². The third kappa shape index (κ3) is 14.7. The molecule has 2 aromatic heterocycles. The zero-order valence-electron chi connectivity index (χ0n) is 46.0. The number of cyclic esters (lactones) is 1. The number of carbonyl (C=O) groups is 1. The number of hydrogen-bond donors (Lipinski definition) is 3. The van der Waals surface area contributed by atoms with Gasteiger partial charge in [-0.05, 0) is 111 Å². The molecule has 0 radical (unpaired) electrons. The molecule has 3 fully saturated rings. The summed E-state index contributed by atoms with van der Waals surface area (Å²) in [5, 5.41) is 45.4. The average molecular weight is 1010 g/mol. The van der Waals surface area contributed by atoms with Crippen LogP contribution in [0.15, 0.2) is 48.8 Å². The van der Waals surface area contributed by atoms with E-state index in [9.17, 15) is 20.1 Å². The monoisotopic (exact) mass is 1010 g/mol. The smallest absolute Gasteiger partial charge is 0.309 e. The number of pyridine rings is 1. The van der Waals surface area contributed by atoms with Gasteiger partial charge in [-0.2, -0.15) is 0 Å². The van der Waals surface area contributed by atoms with E-state index in [4.69, 9.17) is 28.4 Å². The molecule has 3 aromatic rings. The van der Waals surface area contributed by atoms with Gasteiger partial charge in [0.2, 0.25) is 0 Å². The third-order valence-corrected chi connectivity index (χ3v) is 16.3. The Labute approximate surface area is 430 Å². The SMILES string of the molecule is CC[C@H]1OC(=O)[C@H](C)[C@@H](C2C[C@@](C)(OC)C[C@H](C)O2)[C@H](C)[C@@H](O[C@H]2C[C@@H](N(C)CCc3cn(CCOCc4ccc(-c5ccc(C)nc5)cc4)nn3)C[C@@H](C)O2)[C@](C)(O)C[C@@H](C)CN(C)[C@H](C)[C@@H](O)[C@]1(C)O. The Hall–Kier alpha value is -3.42. The van der Waals surface area contributed by atoms with Crippen molar-refractivity contribution in [1.82, 2.24) is 29.8 Å². The topological polar surface area (TPSA) is 183 Å². The highest BCUT2D eigenvalue weighted by Gasteiger charge is 2.52. The summed E-state index contributed by atoms with van der Waals surface area (Å²) in [6.07, 6.45) is 3.36. The van der Waals surface area contributed by atoms with Gasteiger partial charge in [0, 0.05) is 87.5 Å². The molecule has 0 spiro atoms. The summed E-state index contributed by atoms with van der Waals surface area (Å²) in [6.45, 7) is 24.1. The summed E-state index contributed by atoms with van der Waals surface area (Å²) in [5.41, 5.74) is 1.55. The van der Waals surface area contributed by atoms with Crippen molar-refractivity contribution in [3.63, 3.8) is 0 Å². The summed E-state index contributed by atoms with van der Waals surface area (Å²) in [7, 11) is 5.74. The Morgan fingerprint density at radius 1 is 0.931 bits per heavy atom. The molecule has 0 amide bonds. The molecule has 1 aromatic carbocycles. The van der Waals surface area contributed by atoms with E-state index in [-0.39, 0.29) is 24.2 Å². The molecule has 3 aliphatic rings. The number of aliphatic hydroxyl groups excluding tert-OH is 1. The lowest BCUT2D eigenvalue weighted by Crippen LogP contribution is -2.59. The molecule has 3 N–H and O–H groups in total. The number of aryl methyl sites for hydroxylation is 1. The van der Waals surface area contributed by atoms with E-state index in [2.05, 4.69) is 78.3 Å². The van der Waals surface area contributed by atoms with Crippen molar-refractivity contribution in [1.29, 1.82) is 0 Å². The van der Waals surface area contributed by atoms with Gasteiger partial charge in [-0.3, -0.25) is 9.78 Å². The van der Waals surface area contributed by atoms with Gasteiger partial charge in [0.15, 0.2) is 6.29 Å². The van der Waals surface area contributed by atoms with Gasteiger partial charge >= 0.3 is 5.97 Å². The molecular weight excluding hydrogens is 917 g/mol. The molecule has 404 valence electrons. The lowest BCUT2D eigenvalue weighted by molar-refractivity contribution is -0.271. The zero-order chi connectivity index (χ0) is 52.7. The number of hydrogen-bond acceptors (Lipinski definition) is 15. The first-order chi connectivity index (χ1) is 33.9. The molecule has 0 bridgehead atoms. The summed E-state index contributed by atoms with van der Waals surface area (Å²) in [5.74, 6) is -2.31. The Bertz CT molecular complexity index is 2140. The number of carbonyl (C=O) groups excluding carboxylic acids is 1. The predicted molar refractivity (Wildman–Crippen MR) is 277 cm³/mol.